The van der Waals surface area contributed by atoms with E-state index in [0.717, 1.165) is 11.8 Å². The van der Waals surface area contributed by atoms with Crippen molar-refractivity contribution < 1.29 is 0 Å². The zero-order valence-corrected chi connectivity index (χ0v) is 11.5. The summed E-state index contributed by atoms with van der Waals surface area (Å²) in [6.07, 6.45) is 8.77. The van der Waals surface area contributed by atoms with Gasteiger partial charge in [-0.2, -0.15) is 0 Å². The molecule has 0 radical (unpaired) electrons. The van der Waals surface area contributed by atoms with Gasteiger partial charge < -0.3 is 0 Å². The fourth-order valence-corrected chi connectivity index (χ4v) is 5.72. The molecule has 3 rings (SSSR count). The lowest BCUT2D eigenvalue weighted by molar-refractivity contribution is 0.170. The second-order valence-electron chi connectivity index (χ2n) is 6.11. The molecule has 0 amide bonds. The van der Waals surface area contributed by atoms with Gasteiger partial charge in [-0.3, -0.25) is 0 Å². The summed E-state index contributed by atoms with van der Waals surface area (Å²) in [5.74, 6) is 1.95. The number of benzene rings is 1. The van der Waals surface area contributed by atoms with E-state index < -0.39 is 0 Å². The van der Waals surface area contributed by atoms with Crippen LogP contribution >= 0.6 is 11.8 Å². The van der Waals surface area contributed by atoms with Crippen molar-refractivity contribution in [3.05, 3.63) is 30.3 Å². The van der Waals surface area contributed by atoms with Crippen LogP contribution in [0.15, 0.2) is 35.2 Å². The number of thioether (sulfide) groups is 1. The van der Waals surface area contributed by atoms with Crippen LogP contribution in [0.1, 0.15) is 45.4 Å². The molecule has 1 aromatic carbocycles. The van der Waals surface area contributed by atoms with E-state index in [1.54, 1.807) is 0 Å². The van der Waals surface area contributed by atoms with Gasteiger partial charge in [-0.25, -0.2) is 0 Å². The predicted molar refractivity (Wildman–Crippen MR) is 75.4 cm³/mol. The van der Waals surface area contributed by atoms with Gasteiger partial charge in [-0.1, -0.05) is 38.0 Å². The molecule has 0 spiro atoms. The maximum Gasteiger partial charge on any atom is 0.0212 e. The van der Waals surface area contributed by atoms with Gasteiger partial charge in [-0.15, -0.1) is 11.8 Å². The van der Waals surface area contributed by atoms with Crippen LogP contribution in [0.25, 0.3) is 0 Å². The first-order chi connectivity index (χ1) is 8.26. The average Bonchev–Trinajstić information content (AvgIpc) is 2.28. The minimum Gasteiger partial charge on any atom is -0.119 e. The smallest absolute Gasteiger partial charge is 0.0212 e. The molecule has 0 nitrogen and oxygen atoms in total. The predicted octanol–water partition coefficient (Wildman–Crippen LogP) is 5.14. The van der Waals surface area contributed by atoms with Crippen molar-refractivity contribution in [3.8, 4) is 0 Å². The molecule has 2 bridgehead atoms. The first-order valence-electron chi connectivity index (χ1n) is 7.00. The van der Waals surface area contributed by atoms with Gasteiger partial charge in [0.1, 0.15) is 0 Å². The maximum absolute atomic E-state index is 2.46. The van der Waals surface area contributed by atoms with Crippen LogP contribution in [0.4, 0.5) is 0 Å². The standard InChI is InChI=1S/C16H22S/c1-13-10-14-6-5-9-16(11-13,12-14)17-15-7-3-2-4-8-15/h2-4,7-8,13-14H,5-6,9-12H2,1H3. The summed E-state index contributed by atoms with van der Waals surface area (Å²) >= 11 is 2.17. The van der Waals surface area contributed by atoms with E-state index in [1.807, 2.05) is 0 Å². The van der Waals surface area contributed by atoms with E-state index in [-0.39, 0.29) is 0 Å². The number of fused-ring (bicyclic) bond motifs is 2. The lowest BCUT2D eigenvalue weighted by atomic mass is 9.68. The summed E-state index contributed by atoms with van der Waals surface area (Å²) in [6, 6.07) is 11.0. The highest BCUT2D eigenvalue weighted by Gasteiger charge is 2.42. The van der Waals surface area contributed by atoms with Crippen LogP contribution in [-0.2, 0) is 0 Å². The van der Waals surface area contributed by atoms with Crippen molar-refractivity contribution in [3.63, 3.8) is 0 Å². The van der Waals surface area contributed by atoms with E-state index in [0.29, 0.717) is 4.75 Å². The van der Waals surface area contributed by atoms with Gasteiger partial charge in [0, 0.05) is 9.64 Å². The molecule has 3 unspecified atom stereocenters. The van der Waals surface area contributed by atoms with Crippen LogP contribution in [0.3, 0.4) is 0 Å². The molecular formula is C16H22S. The Bertz CT molecular complexity index is 368. The van der Waals surface area contributed by atoms with Crippen molar-refractivity contribution in [1.82, 2.24) is 0 Å². The topological polar surface area (TPSA) is 0 Å². The Morgan fingerprint density at radius 1 is 1.18 bits per heavy atom. The highest BCUT2D eigenvalue weighted by atomic mass is 32.2. The molecule has 1 heteroatoms. The SMILES string of the molecule is CC1CC2CCCC(Sc3ccccc3)(C1)C2. The third-order valence-electron chi connectivity index (χ3n) is 4.44. The normalized spacial score (nSPS) is 36.8. The highest BCUT2D eigenvalue weighted by molar-refractivity contribution is 8.00. The van der Waals surface area contributed by atoms with E-state index in [4.69, 9.17) is 0 Å². The largest absolute Gasteiger partial charge is 0.119 e. The molecule has 0 N–H and O–H groups in total. The zero-order valence-electron chi connectivity index (χ0n) is 10.7. The molecule has 0 heterocycles. The van der Waals surface area contributed by atoms with Crippen LogP contribution < -0.4 is 0 Å². The minimum atomic E-state index is 0.571. The van der Waals surface area contributed by atoms with Gasteiger partial charge in [0.15, 0.2) is 0 Å². The fraction of sp³-hybridized carbons (Fsp3) is 0.625. The fourth-order valence-electron chi connectivity index (χ4n) is 3.99. The Labute approximate surface area is 109 Å². The Hall–Kier alpha value is -0.430. The number of hydrogen-bond donors (Lipinski definition) is 0. The zero-order chi connectivity index (χ0) is 11.7. The van der Waals surface area contributed by atoms with Crippen LogP contribution in [0.2, 0.25) is 0 Å². The third-order valence-corrected chi connectivity index (χ3v) is 5.92. The Kier molecular flexibility index (Phi) is 3.21. The van der Waals surface area contributed by atoms with E-state index in [1.165, 1.54) is 43.4 Å². The van der Waals surface area contributed by atoms with Crippen molar-refractivity contribution in [2.45, 2.75) is 55.1 Å². The first kappa shape index (κ1) is 11.6. The first-order valence-corrected chi connectivity index (χ1v) is 7.81. The minimum absolute atomic E-state index is 0.571. The van der Waals surface area contributed by atoms with Crippen molar-refractivity contribution >= 4 is 11.8 Å². The second-order valence-corrected chi connectivity index (χ2v) is 7.65. The molecule has 2 saturated carbocycles. The van der Waals surface area contributed by atoms with E-state index in [2.05, 4.69) is 49.0 Å². The Morgan fingerprint density at radius 3 is 2.82 bits per heavy atom. The second kappa shape index (κ2) is 4.68. The summed E-state index contributed by atoms with van der Waals surface area (Å²) < 4.78 is 0.571. The summed E-state index contributed by atoms with van der Waals surface area (Å²) in [7, 11) is 0. The molecule has 17 heavy (non-hydrogen) atoms. The van der Waals surface area contributed by atoms with Crippen LogP contribution in [0.5, 0.6) is 0 Å². The van der Waals surface area contributed by atoms with Gasteiger partial charge in [-0.05, 0) is 49.7 Å². The lowest BCUT2D eigenvalue weighted by Gasteiger charge is -2.47. The van der Waals surface area contributed by atoms with E-state index >= 15 is 0 Å². The summed E-state index contributed by atoms with van der Waals surface area (Å²) in [5, 5.41) is 0. The quantitative estimate of drug-likeness (QED) is 0.696. The highest BCUT2D eigenvalue weighted by Crippen LogP contribution is 2.54. The molecule has 92 valence electrons. The molecular weight excluding hydrogens is 224 g/mol. The third kappa shape index (κ3) is 2.54. The van der Waals surface area contributed by atoms with Crippen molar-refractivity contribution in [2.24, 2.45) is 11.8 Å². The molecule has 2 fully saturated rings. The molecule has 1 aromatic rings. The van der Waals surface area contributed by atoms with E-state index in [9.17, 15) is 0 Å². The monoisotopic (exact) mass is 246 g/mol. The molecule has 0 saturated heterocycles. The number of hydrogen-bond acceptors (Lipinski definition) is 1. The molecule has 3 atom stereocenters. The molecule has 0 aliphatic heterocycles. The van der Waals surface area contributed by atoms with Gasteiger partial charge in [0.25, 0.3) is 0 Å². The van der Waals surface area contributed by atoms with Crippen LogP contribution in [-0.4, -0.2) is 4.75 Å². The van der Waals surface area contributed by atoms with Crippen molar-refractivity contribution in [1.29, 1.82) is 0 Å². The molecule has 2 aliphatic carbocycles. The summed E-state index contributed by atoms with van der Waals surface area (Å²) in [6.45, 7) is 2.46. The molecule has 0 aromatic heterocycles. The Morgan fingerprint density at radius 2 is 2.00 bits per heavy atom. The number of rotatable bonds is 2. The van der Waals surface area contributed by atoms with Crippen LogP contribution in [0, 0.1) is 11.8 Å². The van der Waals surface area contributed by atoms with Gasteiger partial charge in [0.2, 0.25) is 0 Å². The average molecular weight is 246 g/mol. The van der Waals surface area contributed by atoms with Gasteiger partial charge >= 0.3 is 0 Å². The summed E-state index contributed by atoms with van der Waals surface area (Å²) in [4.78, 5) is 1.47. The van der Waals surface area contributed by atoms with Gasteiger partial charge in [0.05, 0.1) is 0 Å². The summed E-state index contributed by atoms with van der Waals surface area (Å²) in [5.41, 5.74) is 0. The maximum atomic E-state index is 2.46. The lowest BCUT2D eigenvalue weighted by Crippen LogP contribution is -2.39. The molecule has 2 aliphatic rings. The van der Waals surface area contributed by atoms with Crippen molar-refractivity contribution in [2.75, 3.05) is 0 Å². The Balaban J connectivity index is 1.79.